The maximum Gasteiger partial charge on any atom is 0.165 e. The van der Waals surface area contributed by atoms with Gasteiger partial charge in [0.05, 0.1) is 18.0 Å². The van der Waals surface area contributed by atoms with E-state index in [0.717, 1.165) is 25.0 Å². The Hall–Kier alpha value is -0.610. The second-order valence-electron chi connectivity index (χ2n) is 4.20. The summed E-state index contributed by atoms with van der Waals surface area (Å²) in [7, 11) is 1.47. The number of methoxy groups -OCH3 is 1. The molecule has 1 aliphatic rings. The number of benzene rings is 1. The van der Waals surface area contributed by atoms with Crippen molar-refractivity contribution < 1.29 is 13.9 Å². The molecule has 94 valence electrons. The Kier molecular flexibility index (Phi) is 4.40. The maximum absolute atomic E-state index is 13.6. The average Bonchev–Trinajstić information content (AvgIpc) is 2.39. The number of halogens is 2. The smallest absolute Gasteiger partial charge is 0.165 e. The first-order valence-electron chi connectivity index (χ1n) is 5.81. The molecule has 2 nitrogen and oxygen atoms in total. The number of alkyl halides is 1. The van der Waals surface area contributed by atoms with Crippen LogP contribution < -0.4 is 4.74 Å². The number of hydrogen-bond donors (Lipinski definition) is 0. The van der Waals surface area contributed by atoms with Gasteiger partial charge in [-0.3, -0.25) is 0 Å². The van der Waals surface area contributed by atoms with Crippen LogP contribution >= 0.6 is 15.9 Å². The summed E-state index contributed by atoms with van der Waals surface area (Å²) in [5, 5.41) is 0. The molecule has 0 N–H and O–H groups in total. The molecule has 0 aromatic heterocycles. The van der Waals surface area contributed by atoms with Gasteiger partial charge in [0.1, 0.15) is 0 Å². The van der Waals surface area contributed by atoms with Gasteiger partial charge in [-0.1, -0.05) is 22.0 Å². The fraction of sp³-hybridized carbons (Fsp3) is 0.538. The zero-order valence-corrected chi connectivity index (χ0v) is 11.4. The van der Waals surface area contributed by atoms with Gasteiger partial charge in [-0.05, 0) is 37.0 Å². The molecule has 1 aromatic carbocycles. The quantitative estimate of drug-likeness (QED) is 0.790. The first kappa shape index (κ1) is 12.8. The lowest BCUT2D eigenvalue weighted by atomic mass is 10.0. The predicted octanol–water partition coefficient (Wildman–Crippen LogP) is 3.84. The van der Waals surface area contributed by atoms with Gasteiger partial charge in [0.2, 0.25) is 0 Å². The minimum atomic E-state index is -0.328. The Morgan fingerprint density at radius 3 is 2.88 bits per heavy atom. The number of rotatable bonds is 3. The lowest BCUT2D eigenvalue weighted by Gasteiger charge is -2.27. The molecule has 1 saturated heterocycles. The van der Waals surface area contributed by atoms with Crippen LogP contribution in [0.3, 0.4) is 0 Å². The number of hydrogen-bond acceptors (Lipinski definition) is 2. The Bertz CT molecular complexity index is 378. The lowest BCUT2D eigenvalue weighted by molar-refractivity contribution is 0.0160. The topological polar surface area (TPSA) is 18.5 Å². The molecule has 0 spiro atoms. The highest BCUT2D eigenvalue weighted by atomic mass is 79.9. The average molecular weight is 303 g/mol. The Morgan fingerprint density at radius 1 is 1.47 bits per heavy atom. The van der Waals surface area contributed by atoms with Crippen LogP contribution in [0.15, 0.2) is 18.2 Å². The van der Waals surface area contributed by atoms with Gasteiger partial charge in [0.15, 0.2) is 11.6 Å². The Balaban J connectivity index is 2.12. The second kappa shape index (κ2) is 5.83. The number of ether oxygens (including phenoxy) is 2. The summed E-state index contributed by atoms with van der Waals surface area (Å²) in [6.07, 6.45) is 3.44. The first-order valence-corrected chi connectivity index (χ1v) is 6.73. The van der Waals surface area contributed by atoms with E-state index in [1.165, 1.54) is 19.6 Å². The van der Waals surface area contributed by atoms with Crippen molar-refractivity contribution in [1.29, 1.82) is 0 Å². The van der Waals surface area contributed by atoms with E-state index >= 15 is 0 Å². The maximum atomic E-state index is 13.6. The third kappa shape index (κ3) is 2.99. The molecule has 1 aromatic rings. The van der Waals surface area contributed by atoms with Crippen LogP contribution in [0.5, 0.6) is 5.75 Å². The highest BCUT2D eigenvalue weighted by Gasteiger charge is 2.24. The summed E-state index contributed by atoms with van der Waals surface area (Å²) in [6.45, 7) is 0.797. The van der Waals surface area contributed by atoms with Crippen LogP contribution in [0.1, 0.15) is 29.7 Å². The summed E-state index contributed by atoms with van der Waals surface area (Å²) in [6, 6.07) is 5.04. The van der Waals surface area contributed by atoms with Crippen molar-refractivity contribution in [2.75, 3.05) is 13.7 Å². The van der Waals surface area contributed by atoms with Crippen LogP contribution in [0.25, 0.3) is 0 Å². The summed E-state index contributed by atoms with van der Waals surface area (Å²) in [4.78, 5) is 0.0446. The van der Waals surface area contributed by atoms with Crippen LogP contribution in [0.4, 0.5) is 4.39 Å². The van der Waals surface area contributed by atoms with Gasteiger partial charge < -0.3 is 9.47 Å². The Labute approximate surface area is 109 Å². The molecule has 1 heterocycles. The van der Waals surface area contributed by atoms with Crippen LogP contribution in [-0.2, 0) is 4.74 Å². The van der Waals surface area contributed by atoms with Crippen LogP contribution in [0.2, 0.25) is 0 Å². The molecule has 2 atom stereocenters. The zero-order valence-electron chi connectivity index (χ0n) is 9.79. The van der Waals surface area contributed by atoms with Crippen molar-refractivity contribution in [2.45, 2.75) is 30.2 Å². The van der Waals surface area contributed by atoms with Gasteiger partial charge in [-0.15, -0.1) is 0 Å². The first-order chi connectivity index (χ1) is 8.22. The third-order valence-corrected chi connectivity index (χ3v) is 4.15. The summed E-state index contributed by atoms with van der Waals surface area (Å²) in [5.74, 6) is -0.0525. The second-order valence-corrected chi connectivity index (χ2v) is 5.19. The van der Waals surface area contributed by atoms with Crippen molar-refractivity contribution in [3.63, 3.8) is 0 Å². The minimum Gasteiger partial charge on any atom is -0.494 e. The van der Waals surface area contributed by atoms with E-state index in [1.807, 2.05) is 6.07 Å². The standard InChI is InChI=1S/C13H16BrFO2/c1-16-11-6-5-9(8-10(11)15)13(14)12-4-2-3-7-17-12/h5-6,8,12-13H,2-4,7H2,1H3. The molecule has 0 aliphatic carbocycles. The fourth-order valence-corrected chi connectivity index (χ4v) is 2.77. The van der Waals surface area contributed by atoms with Gasteiger partial charge in [-0.25, -0.2) is 4.39 Å². The molecule has 0 bridgehead atoms. The predicted molar refractivity (Wildman–Crippen MR) is 68.2 cm³/mol. The van der Waals surface area contributed by atoms with E-state index in [1.54, 1.807) is 6.07 Å². The molecule has 0 saturated carbocycles. The van der Waals surface area contributed by atoms with E-state index in [0.29, 0.717) is 0 Å². The van der Waals surface area contributed by atoms with Gasteiger partial charge in [-0.2, -0.15) is 0 Å². The third-order valence-electron chi connectivity index (χ3n) is 3.04. The van der Waals surface area contributed by atoms with Crippen LogP contribution in [0, 0.1) is 5.82 Å². The molecule has 17 heavy (non-hydrogen) atoms. The molecular weight excluding hydrogens is 287 g/mol. The SMILES string of the molecule is COc1ccc(C(Br)C2CCCCO2)cc1F. The molecule has 0 radical (unpaired) electrons. The van der Waals surface area contributed by atoms with Crippen molar-refractivity contribution in [3.8, 4) is 5.75 Å². The molecular formula is C13H16BrFO2. The monoisotopic (exact) mass is 302 g/mol. The zero-order chi connectivity index (χ0) is 12.3. The van der Waals surface area contributed by atoms with E-state index in [9.17, 15) is 4.39 Å². The fourth-order valence-electron chi connectivity index (χ4n) is 2.07. The Morgan fingerprint density at radius 2 is 2.29 bits per heavy atom. The van der Waals surface area contributed by atoms with E-state index in [4.69, 9.17) is 9.47 Å². The molecule has 2 rings (SSSR count). The molecule has 1 fully saturated rings. The van der Waals surface area contributed by atoms with Gasteiger partial charge in [0, 0.05) is 6.61 Å². The highest BCUT2D eigenvalue weighted by Crippen LogP contribution is 2.34. The normalized spacial score (nSPS) is 22.2. The minimum absolute atomic E-state index is 0.0446. The molecule has 1 aliphatic heterocycles. The van der Waals surface area contributed by atoms with Crippen LogP contribution in [-0.4, -0.2) is 19.8 Å². The van der Waals surface area contributed by atoms with Gasteiger partial charge in [0.25, 0.3) is 0 Å². The molecule has 0 amide bonds. The largest absolute Gasteiger partial charge is 0.494 e. The highest BCUT2D eigenvalue weighted by molar-refractivity contribution is 9.09. The van der Waals surface area contributed by atoms with E-state index in [-0.39, 0.29) is 22.5 Å². The molecule has 2 unspecified atom stereocenters. The van der Waals surface area contributed by atoms with E-state index in [2.05, 4.69) is 15.9 Å². The lowest BCUT2D eigenvalue weighted by Crippen LogP contribution is -2.23. The summed E-state index contributed by atoms with van der Waals surface area (Å²) in [5.41, 5.74) is 0.898. The summed E-state index contributed by atoms with van der Waals surface area (Å²) < 4.78 is 24.2. The van der Waals surface area contributed by atoms with Gasteiger partial charge >= 0.3 is 0 Å². The summed E-state index contributed by atoms with van der Waals surface area (Å²) >= 11 is 3.60. The van der Waals surface area contributed by atoms with E-state index < -0.39 is 0 Å². The van der Waals surface area contributed by atoms with Crippen molar-refractivity contribution in [1.82, 2.24) is 0 Å². The van der Waals surface area contributed by atoms with Crippen molar-refractivity contribution >= 4 is 15.9 Å². The molecule has 4 heteroatoms. The van der Waals surface area contributed by atoms with Crippen molar-refractivity contribution in [2.24, 2.45) is 0 Å². The van der Waals surface area contributed by atoms with Crippen molar-refractivity contribution in [3.05, 3.63) is 29.6 Å².